The molecule has 5 aromatic rings. The van der Waals surface area contributed by atoms with E-state index in [2.05, 4.69) is 11.1 Å². The minimum atomic E-state index is -0.0503. The molecule has 0 N–H and O–H groups in total. The number of rotatable bonds is 5. The number of benzene rings is 3. The van der Waals surface area contributed by atoms with Gasteiger partial charge in [0.05, 0.1) is 11.1 Å². The van der Waals surface area contributed by atoms with E-state index in [9.17, 15) is 4.79 Å². The predicted octanol–water partition coefficient (Wildman–Crippen LogP) is 6.41. The van der Waals surface area contributed by atoms with Crippen LogP contribution in [0, 0.1) is 0 Å². The van der Waals surface area contributed by atoms with E-state index < -0.39 is 0 Å². The van der Waals surface area contributed by atoms with Gasteiger partial charge < -0.3 is 4.57 Å². The van der Waals surface area contributed by atoms with E-state index in [-0.39, 0.29) is 5.56 Å². The van der Waals surface area contributed by atoms with Crippen LogP contribution < -0.4 is 5.56 Å². The molecule has 2 heterocycles. The SMILES string of the molecule is CSc1nccn1Cn1c(=O)c(-c2ccc(Cl)cc2)c(-c2ccccc2)c2ccccc21. The van der Waals surface area contributed by atoms with Crippen LogP contribution in [0.15, 0.2) is 101 Å². The number of halogens is 1. The van der Waals surface area contributed by atoms with Gasteiger partial charge in [0.2, 0.25) is 0 Å². The molecule has 0 saturated carbocycles. The van der Waals surface area contributed by atoms with Crippen molar-refractivity contribution in [2.75, 3.05) is 6.26 Å². The van der Waals surface area contributed by atoms with E-state index in [1.54, 1.807) is 18.0 Å². The molecule has 5 rings (SSSR count). The summed E-state index contributed by atoms with van der Waals surface area (Å²) in [5.41, 5.74) is 4.28. The standard InChI is InChI=1S/C26H20ClN3OS/c1-32-26-28-15-16-29(26)17-30-22-10-6-5-9-21(22)23(18-7-3-2-4-8-18)24(25(30)31)19-11-13-20(27)14-12-19/h2-16H,17H2,1H3. The van der Waals surface area contributed by atoms with E-state index in [0.29, 0.717) is 17.3 Å². The normalized spacial score (nSPS) is 11.2. The quantitative estimate of drug-likeness (QED) is 0.286. The Labute approximate surface area is 195 Å². The average molecular weight is 458 g/mol. The van der Waals surface area contributed by atoms with Crippen molar-refractivity contribution < 1.29 is 0 Å². The average Bonchev–Trinajstić information content (AvgIpc) is 3.29. The summed E-state index contributed by atoms with van der Waals surface area (Å²) in [6.45, 7) is 0.380. The van der Waals surface area contributed by atoms with Crippen LogP contribution in [-0.4, -0.2) is 20.4 Å². The zero-order valence-electron chi connectivity index (χ0n) is 17.4. The summed E-state index contributed by atoms with van der Waals surface area (Å²) in [5.74, 6) is 0. The lowest BCUT2D eigenvalue weighted by atomic mass is 9.92. The molecular weight excluding hydrogens is 438 g/mol. The van der Waals surface area contributed by atoms with Crippen molar-refractivity contribution in [2.24, 2.45) is 0 Å². The lowest BCUT2D eigenvalue weighted by Crippen LogP contribution is -2.26. The summed E-state index contributed by atoms with van der Waals surface area (Å²) >= 11 is 7.71. The molecule has 0 radical (unpaired) electrons. The Hall–Kier alpha value is -3.28. The lowest BCUT2D eigenvalue weighted by Gasteiger charge is -2.19. The molecule has 0 bridgehead atoms. The first kappa shape index (κ1) is 20.6. The van der Waals surface area contributed by atoms with Gasteiger partial charge in [0, 0.05) is 28.4 Å². The number of thioether (sulfide) groups is 1. The highest BCUT2D eigenvalue weighted by atomic mass is 35.5. The minimum Gasteiger partial charge on any atom is -0.307 e. The number of nitrogens with zero attached hydrogens (tertiary/aromatic N) is 3. The highest BCUT2D eigenvalue weighted by Gasteiger charge is 2.20. The highest BCUT2D eigenvalue weighted by Crippen LogP contribution is 2.36. The van der Waals surface area contributed by atoms with Gasteiger partial charge in [0.1, 0.15) is 6.67 Å². The van der Waals surface area contributed by atoms with E-state index >= 15 is 0 Å². The Kier molecular flexibility index (Phi) is 5.60. The van der Waals surface area contributed by atoms with Crippen LogP contribution in [0.4, 0.5) is 0 Å². The van der Waals surface area contributed by atoms with Crippen molar-refractivity contribution in [1.29, 1.82) is 0 Å². The summed E-state index contributed by atoms with van der Waals surface area (Å²) < 4.78 is 3.82. The Balaban J connectivity index is 1.87. The number of hydrogen-bond donors (Lipinski definition) is 0. The fraction of sp³-hybridized carbons (Fsp3) is 0.0769. The van der Waals surface area contributed by atoms with Crippen LogP contribution >= 0.6 is 23.4 Å². The maximum absolute atomic E-state index is 14.1. The number of pyridine rings is 1. The third-order valence-electron chi connectivity index (χ3n) is 5.52. The molecule has 0 aliphatic carbocycles. The molecule has 32 heavy (non-hydrogen) atoms. The molecule has 0 fully saturated rings. The first-order valence-electron chi connectivity index (χ1n) is 10.2. The van der Waals surface area contributed by atoms with E-state index in [0.717, 1.165) is 32.7 Å². The first-order chi connectivity index (χ1) is 15.7. The topological polar surface area (TPSA) is 39.8 Å². The molecule has 3 aromatic carbocycles. The molecule has 2 aromatic heterocycles. The minimum absolute atomic E-state index is 0.0503. The molecule has 0 aliphatic heterocycles. The third-order valence-corrected chi connectivity index (χ3v) is 6.48. The zero-order valence-corrected chi connectivity index (χ0v) is 19.0. The summed E-state index contributed by atoms with van der Waals surface area (Å²) in [6.07, 6.45) is 5.65. The predicted molar refractivity (Wildman–Crippen MR) is 133 cm³/mol. The lowest BCUT2D eigenvalue weighted by molar-refractivity contribution is 0.565. The zero-order chi connectivity index (χ0) is 22.1. The van der Waals surface area contributed by atoms with E-state index in [4.69, 9.17) is 11.6 Å². The fourth-order valence-electron chi connectivity index (χ4n) is 4.08. The van der Waals surface area contributed by atoms with Gasteiger partial charge in [0.25, 0.3) is 5.56 Å². The number of hydrogen-bond acceptors (Lipinski definition) is 3. The molecule has 0 atom stereocenters. The molecule has 0 saturated heterocycles. The van der Waals surface area contributed by atoms with Gasteiger partial charge in [-0.3, -0.25) is 9.36 Å². The number of fused-ring (bicyclic) bond motifs is 1. The fourth-order valence-corrected chi connectivity index (χ4v) is 4.73. The van der Waals surface area contributed by atoms with Crippen LogP contribution in [0.1, 0.15) is 0 Å². The maximum Gasteiger partial charge on any atom is 0.261 e. The van der Waals surface area contributed by atoms with Crippen LogP contribution in [0.25, 0.3) is 33.2 Å². The van der Waals surface area contributed by atoms with Gasteiger partial charge in [-0.2, -0.15) is 0 Å². The van der Waals surface area contributed by atoms with Crippen LogP contribution in [-0.2, 0) is 6.67 Å². The van der Waals surface area contributed by atoms with Gasteiger partial charge in [-0.05, 0) is 35.6 Å². The van der Waals surface area contributed by atoms with Gasteiger partial charge >= 0.3 is 0 Å². The summed E-state index contributed by atoms with van der Waals surface area (Å²) in [6, 6.07) is 25.6. The molecule has 0 amide bonds. The van der Waals surface area contributed by atoms with Gasteiger partial charge in [-0.1, -0.05) is 84.0 Å². The summed E-state index contributed by atoms with van der Waals surface area (Å²) in [4.78, 5) is 18.5. The molecule has 6 heteroatoms. The van der Waals surface area contributed by atoms with Crippen molar-refractivity contribution >= 4 is 34.3 Å². The largest absolute Gasteiger partial charge is 0.307 e. The van der Waals surface area contributed by atoms with Crippen LogP contribution in [0.2, 0.25) is 5.02 Å². The monoisotopic (exact) mass is 457 g/mol. The second-order valence-electron chi connectivity index (χ2n) is 7.40. The van der Waals surface area contributed by atoms with Crippen molar-refractivity contribution in [2.45, 2.75) is 11.8 Å². The van der Waals surface area contributed by atoms with E-state index in [1.165, 1.54) is 0 Å². The highest BCUT2D eigenvalue weighted by molar-refractivity contribution is 7.98. The Bertz CT molecular complexity index is 1460. The van der Waals surface area contributed by atoms with Crippen molar-refractivity contribution in [3.63, 3.8) is 0 Å². The smallest absolute Gasteiger partial charge is 0.261 e. The summed E-state index contributed by atoms with van der Waals surface area (Å²) in [5, 5.41) is 2.52. The van der Waals surface area contributed by atoms with Crippen molar-refractivity contribution in [3.8, 4) is 22.3 Å². The van der Waals surface area contributed by atoms with Crippen molar-refractivity contribution in [3.05, 3.63) is 107 Å². The molecule has 0 unspecified atom stereocenters. The molecule has 0 spiro atoms. The van der Waals surface area contributed by atoms with E-state index in [1.807, 2.05) is 94.4 Å². The molecule has 0 aliphatic rings. The summed E-state index contributed by atoms with van der Waals surface area (Å²) in [7, 11) is 0. The second kappa shape index (κ2) is 8.69. The molecular formula is C26H20ClN3OS. The number of aromatic nitrogens is 3. The van der Waals surface area contributed by atoms with Gasteiger partial charge in [-0.25, -0.2) is 4.98 Å². The van der Waals surface area contributed by atoms with Gasteiger partial charge in [0.15, 0.2) is 5.16 Å². The Morgan fingerprint density at radius 2 is 1.56 bits per heavy atom. The van der Waals surface area contributed by atoms with Gasteiger partial charge in [-0.15, -0.1) is 0 Å². The van der Waals surface area contributed by atoms with Crippen LogP contribution in [0.3, 0.4) is 0 Å². The Morgan fingerprint density at radius 3 is 2.31 bits per heavy atom. The second-order valence-corrected chi connectivity index (χ2v) is 8.61. The maximum atomic E-state index is 14.1. The third kappa shape index (κ3) is 3.64. The van der Waals surface area contributed by atoms with Crippen molar-refractivity contribution in [1.82, 2.24) is 14.1 Å². The Morgan fingerprint density at radius 1 is 0.875 bits per heavy atom. The number of imidazole rings is 1. The first-order valence-corrected chi connectivity index (χ1v) is 11.8. The van der Waals surface area contributed by atoms with Crippen LogP contribution in [0.5, 0.6) is 0 Å². The molecule has 158 valence electrons. The number of para-hydroxylation sites is 1. The molecule has 4 nitrogen and oxygen atoms in total.